The summed E-state index contributed by atoms with van der Waals surface area (Å²) < 4.78 is 35.8. The normalized spacial score (nSPS) is 17.3. The summed E-state index contributed by atoms with van der Waals surface area (Å²) in [6.45, 7) is 2.15. The lowest BCUT2D eigenvalue weighted by molar-refractivity contribution is -0.104. The summed E-state index contributed by atoms with van der Waals surface area (Å²) in [4.78, 5) is 12.3. The molecule has 1 atom stereocenters. The number of unbranched alkanes of at least 4 members (excludes halogenated alkanes) is 6. The van der Waals surface area contributed by atoms with Crippen LogP contribution in [0.15, 0.2) is 21.1 Å². The topological polar surface area (TPSA) is 26.3 Å². The molecule has 0 spiro atoms. The maximum Gasteiger partial charge on any atom is 0.284 e. The molecule has 1 aliphatic rings. The van der Waals surface area contributed by atoms with E-state index in [1.54, 1.807) is 12.1 Å². The molecule has 2 nitrogen and oxygen atoms in total. The third-order valence-electron chi connectivity index (χ3n) is 4.52. The third-order valence-corrected chi connectivity index (χ3v) is 5.57. The van der Waals surface area contributed by atoms with Gasteiger partial charge >= 0.3 is 0 Å². The second-order valence-electron chi connectivity index (χ2n) is 6.63. The number of ketones is 1. The number of hydrogen-bond acceptors (Lipinski definition) is 2. The lowest BCUT2D eigenvalue weighted by Gasteiger charge is -2.32. The summed E-state index contributed by atoms with van der Waals surface area (Å²) in [7, 11) is 0. The minimum atomic E-state index is -3.00. The summed E-state index contributed by atoms with van der Waals surface area (Å²) >= 11 is 6.60. The van der Waals surface area contributed by atoms with Gasteiger partial charge in [-0.2, -0.15) is 0 Å². The first-order valence-electron chi connectivity index (χ1n) is 8.92. The highest BCUT2D eigenvalue weighted by molar-refractivity contribution is 9.11. The number of carbonyl (C=O) groups is 1. The molecule has 0 amide bonds. The van der Waals surface area contributed by atoms with Crippen molar-refractivity contribution in [3.63, 3.8) is 0 Å². The van der Waals surface area contributed by atoms with E-state index in [-0.39, 0.29) is 24.4 Å². The Kier molecular flexibility index (Phi) is 7.87. The summed E-state index contributed by atoms with van der Waals surface area (Å²) in [5, 5.41) is 0. The number of fused-ring (bicyclic) bond motifs is 1. The van der Waals surface area contributed by atoms with Gasteiger partial charge in [-0.05, 0) is 34.5 Å². The Hall–Kier alpha value is -0.490. The highest BCUT2D eigenvalue weighted by atomic mass is 79.9. The van der Waals surface area contributed by atoms with Gasteiger partial charge in [0.1, 0.15) is 5.75 Å². The van der Waals surface area contributed by atoms with Crippen LogP contribution in [0.25, 0.3) is 0 Å². The van der Waals surface area contributed by atoms with Crippen molar-refractivity contribution in [2.24, 2.45) is 0 Å². The highest BCUT2D eigenvalue weighted by Crippen LogP contribution is 2.41. The molecular weight excluding hydrogens is 458 g/mol. The molecule has 1 aromatic carbocycles. The van der Waals surface area contributed by atoms with Crippen molar-refractivity contribution in [2.75, 3.05) is 0 Å². The van der Waals surface area contributed by atoms with Crippen LogP contribution in [0.1, 0.15) is 75.1 Å². The maximum absolute atomic E-state index is 14.5. The van der Waals surface area contributed by atoms with Crippen molar-refractivity contribution in [3.05, 3.63) is 26.6 Å². The molecule has 1 heterocycles. The molecule has 0 bridgehead atoms. The molecule has 0 saturated carbocycles. The Morgan fingerprint density at radius 3 is 2.44 bits per heavy atom. The fourth-order valence-corrected chi connectivity index (χ4v) is 4.38. The molecule has 1 aromatic rings. The Balaban J connectivity index is 1.91. The summed E-state index contributed by atoms with van der Waals surface area (Å²) in [6.07, 6.45) is 5.02. The van der Waals surface area contributed by atoms with Gasteiger partial charge in [-0.3, -0.25) is 4.79 Å². The Labute approximate surface area is 165 Å². The van der Waals surface area contributed by atoms with E-state index in [0.717, 1.165) is 19.3 Å². The van der Waals surface area contributed by atoms with E-state index in [4.69, 9.17) is 4.74 Å². The van der Waals surface area contributed by atoms with Crippen molar-refractivity contribution in [1.29, 1.82) is 0 Å². The van der Waals surface area contributed by atoms with Crippen molar-refractivity contribution < 1.29 is 18.3 Å². The molecule has 0 saturated heterocycles. The quantitative estimate of drug-likeness (QED) is 0.345. The molecule has 25 heavy (non-hydrogen) atoms. The monoisotopic (exact) mass is 480 g/mol. The molecule has 2 rings (SSSR count). The predicted molar refractivity (Wildman–Crippen MR) is 103 cm³/mol. The first-order chi connectivity index (χ1) is 11.8. The second kappa shape index (κ2) is 9.45. The Bertz CT molecular complexity index is 605. The number of alkyl halides is 2. The van der Waals surface area contributed by atoms with Crippen LogP contribution in [-0.2, 0) is 0 Å². The van der Waals surface area contributed by atoms with E-state index < -0.39 is 12.0 Å². The number of Topliss-reactive ketones (excluding diaryl/α,β-unsaturated/α-hetero) is 1. The zero-order valence-corrected chi connectivity index (χ0v) is 17.6. The predicted octanol–water partition coefficient (Wildman–Crippen LogP) is 7.32. The fraction of sp³-hybridized carbons (Fsp3) is 0.632. The lowest BCUT2D eigenvalue weighted by atomic mass is 9.94. The van der Waals surface area contributed by atoms with E-state index in [9.17, 15) is 13.6 Å². The van der Waals surface area contributed by atoms with Gasteiger partial charge in [-0.1, -0.05) is 61.4 Å². The van der Waals surface area contributed by atoms with Crippen LogP contribution in [0, 0.1) is 0 Å². The molecule has 0 N–H and O–H groups in total. The van der Waals surface area contributed by atoms with Gasteiger partial charge in [0.25, 0.3) is 5.92 Å². The van der Waals surface area contributed by atoms with E-state index in [1.807, 2.05) is 0 Å². The van der Waals surface area contributed by atoms with Gasteiger partial charge in [0.2, 0.25) is 0 Å². The van der Waals surface area contributed by atoms with Crippen molar-refractivity contribution >= 4 is 37.6 Å². The SMILES string of the molecule is CCCCCCCCCC(F)(F)C1CC(=O)c2cc(Br)cc(Br)c2O1. The molecule has 0 aliphatic carbocycles. The van der Waals surface area contributed by atoms with Gasteiger partial charge in [0.15, 0.2) is 11.9 Å². The number of carbonyl (C=O) groups excluding carboxylic acids is 1. The van der Waals surface area contributed by atoms with Crippen LogP contribution < -0.4 is 4.74 Å². The van der Waals surface area contributed by atoms with Crippen LogP contribution in [-0.4, -0.2) is 17.8 Å². The van der Waals surface area contributed by atoms with Gasteiger partial charge in [0.05, 0.1) is 16.5 Å². The van der Waals surface area contributed by atoms with Gasteiger partial charge in [0, 0.05) is 10.9 Å². The van der Waals surface area contributed by atoms with Crippen molar-refractivity contribution in [3.8, 4) is 5.75 Å². The largest absolute Gasteiger partial charge is 0.482 e. The fourth-order valence-electron chi connectivity index (χ4n) is 3.06. The van der Waals surface area contributed by atoms with Crippen LogP contribution in [0.4, 0.5) is 8.78 Å². The average molecular weight is 482 g/mol. The highest BCUT2D eigenvalue weighted by Gasteiger charge is 2.45. The molecule has 6 heteroatoms. The molecular formula is C19H24Br2F2O2. The maximum atomic E-state index is 14.5. The van der Waals surface area contributed by atoms with Gasteiger partial charge < -0.3 is 4.74 Å². The van der Waals surface area contributed by atoms with E-state index in [1.165, 1.54) is 19.3 Å². The number of benzene rings is 1. The molecule has 0 fully saturated rings. The molecule has 140 valence electrons. The van der Waals surface area contributed by atoms with Crippen molar-refractivity contribution in [2.45, 2.75) is 76.7 Å². The molecule has 1 unspecified atom stereocenters. The summed E-state index contributed by atoms with van der Waals surface area (Å²) in [5.74, 6) is -3.07. The number of halogens is 4. The van der Waals surface area contributed by atoms with Crippen LogP contribution in [0.5, 0.6) is 5.75 Å². The molecule has 0 radical (unpaired) electrons. The summed E-state index contributed by atoms with van der Waals surface area (Å²) in [5.41, 5.74) is 0.351. The smallest absolute Gasteiger partial charge is 0.284 e. The summed E-state index contributed by atoms with van der Waals surface area (Å²) in [6, 6.07) is 3.32. The van der Waals surface area contributed by atoms with E-state index >= 15 is 0 Å². The van der Waals surface area contributed by atoms with Gasteiger partial charge in [-0.15, -0.1) is 0 Å². The first-order valence-corrected chi connectivity index (χ1v) is 10.5. The third kappa shape index (κ3) is 5.75. The van der Waals surface area contributed by atoms with E-state index in [0.29, 0.717) is 20.9 Å². The van der Waals surface area contributed by atoms with Crippen LogP contribution >= 0.6 is 31.9 Å². The molecule has 0 aromatic heterocycles. The van der Waals surface area contributed by atoms with Crippen LogP contribution in [0.2, 0.25) is 0 Å². The number of ether oxygens (including phenoxy) is 1. The second-order valence-corrected chi connectivity index (χ2v) is 8.40. The van der Waals surface area contributed by atoms with Crippen LogP contribution in [0.3, 0.4) is 0 Å². The molecule has 1 aliphatic heterocycles. The number of rotatable bonds is 9. The standard InChI is InChI=1S/C19H24Br2F2O2/c1-2-3-4-5-6-7-8-9-19(22,23)17-12-16(24)14-10-13(20)11-15(21)18(14)25-17/h10-11,17H,2-9,12H2,1H3. The van der Waals surface area contributed by atoms with Crippen molar-refractivity contribution in [1.82, 2.24) is 0 Å². The Morgan fingerprint density at radius 1 is 1.12 bits per heavy atom. The zero-order valence-electron chi connectivity index (χ0n) is 14.4. The minimum Gasteiger partial charge on any atom is -0.482 e. The first kappa shape index (κ1) is 20.8. The minimum absolute atomic E-state index is 0.226. The van der Waals surface area contributed by atoms with E-state index in [2.05, 4.69) is 38.8 Å². The Morgan fingerprint density at radius 2 is 1.76 bits per heavy atom. The zero-order chi connectivity index (χ0) is 18.4. The average Bonchev–Trinajstić information content (AvgIpc) is 2.54. The van der Waals surface area contributed by atoms with Gasteiger partial charge in [-0.25, -0.2) is 8.78 Å². The lowest BCUT2D eigenvalue weighted by Crippen LogP contribution is -2.42. The number of hydrogen-bond donors (Lipinski definition) is 0.